The maximum absolute atomic E-state index is 6.70. The van der Waals surface area contributed by atoms with Crippen molar-refractivity contribution in [1.82, 2.24) is 0 Å². The summed E-state index contributed by atoms with van der Waals surface area (Å²) in [5.74, 6) is 0. The van der Waals surface area contributed by atoms with E-state index >= 15 is 0 Å². The average Bonchev–Trinajstić information content (AvgIpc) is 3.84. The molecule has 2 aromatic heterocycles. The first-order valence-electron chi connectivity index (χ1n) is 25.0. The molecule has 3 nitrogen and oxygen atoms in total. The van der Waals surface area contributed by atoms with E-state index in [1.807, 2.05) is 11.3 Å². The molecule has 0 amide bonds. The Balaban J connectivity index is 1.26. The third-order valence-corrected chi connectivity index (χ3v) is 18.3. The van der Waals surface area contributed by atoms with Crippen LogP contribution in [0.3, 0.4) is 0 Å². The minimum atomic E-state index is -0.132. The molecule has 0 saturated heterocycles. The number of benzene rings is 6. The first-order chi connectivity index (χ1) is 31.4. The van der Waals surface area contributed by atoms with Crippen molar-refractivity contribution in [2.45, 2.75) is 155 Å². The molecule has 0 radical (unpaired) electrons. The Kier molecular flexibility index (Phi) is 8.81. The number of furan rings is 1. The van der Waals surface area contributed by atoms with Gasteiger partial charge in [-0.25, -0.2) is 0 Å². The molecule has 67 heavy (non-hydrogen) atoms. The van der Waals surface area contributed by atoms with Crippen molar-refractivity contribution >= 4 is 99.9 Å². The summed E-state index contributed by atoms with van der Waals surface area (Å²) in [5, 5.41) is 3.64. The molecule has 340 valence electrons. The summed E-state index contributed by atoms with van der Waals surface area (Å²) >= 11 is 2.01. The van der Waals surface area contributed by atoms with Crippen LogP contribution < -0.4 is 25.5 Å². The van der Waals surface area contributed by atoms with Crippen molar-refractivity contribution in [2.24, 2.45) is 0 Å². The van der Waals surface area contributed by atoms with E-state index in [0.717, 1.165) is 21.9 Å². The van der Waals surface area contributed by atoms with Crippen molar-refractivity contribution < 1.29 is 4.42 Å². The van der Waals surface area contributed by atoms with Gasteiger partial charge < -0.3 is 14.2 Å². The highest BCUT2D eigenvalue weighted by Crippen LogP contribution is 2.55. The van der Waals surface area contributed by atoms with E-state index in [9.17, 15) is 0 Å². The zero-order chi connectivity index (χ0) is 47.1. The summed E-state index contributed by atoms with van der Waals surface area (Å²) in [5.41, 5.74) is 21.1. The zero-order valence-electron chi connectivity index (χ0n) is 42.4. The molecule has 5 heteroatoms. The van der Waals surface area contributed by atoms with Gasteiger partial charge in [0.05, 0.1) is 16.8 Å². The standard InChI is InChI=1S/C62H67BN2OS/c1-57(2,3)36-22-25-52-40(30-36)55-56(67-52)63-45-34-43-44(62(13,14)29-28-61(43,11)12)35-47(45)64(38-23-24-41-42(33-38)60(9,10)27-26-59(41,7)8)48-31-37(58(4,5)6)32-49(54(48)63)65(55)46-19-17-21-51-53(46)39-18-15-16-20-50(39)66-51/h15-25,30-35H,26-29H2,1-14H3. The Morgan fingerprint density at radius 3 is 1.78 bits per heavy atom. The van der Waals surface area contributed by atoms with Gasteiger partial charge >= 0.3 is 0 Å². The second kappa shape index (κ2) is 13.7. The topological polar surface area (TPSA) is 19.6 Å². The van der Waals surface area contributed by atoms with Gasteiger partial charge in [-0.05, 0) is 163 Å². The maximum Gasteiger partial charge on any atom is 0.264 e. The normalized spacial score (nSPS) is 18.7. The molecule has 0 N–H and O–H groups in total. The largest absolute Gasteiger partial charge is 0.456 e. The molecule has 0 saturated carbocycles. The summed E-state index contributed by atoms with van der Waals surface area (Å²) in [4.78, 5) is 5.40. The molecule has 4 aliphatic rings. The van der Waals surface area contributed by atoms with E-state index in [0.29, 0.717) is 0 Å². The lowest BCUT2D eigenvalue weighted by molar-refractivity contribution is 0.332. The van der Waals surface area contributed by atoms with E-state index in [-0.39, 0.29) is 39.2 Å². The van der Waals surface area contributed by atoms with Gasteiger partial charge in [0.25, 0.3) is 6.71 Å². The second-order valence-electron chi connectivity index (χ2n) is 25.5. The van der Waals surface area contributed by atoms with Crippen LogP contribution in [-0.4, -0.2) is 6.71 Å². The molecule has 0 atom stereocenters. The Labute approximate surface area is 403 Å². The van der Waals surface area contributed by atoms with Crippen LogP contribution in [0, 0.1) is 0 Å². The molecule has 6 aromatic carbocycles. The molecule has 12 rings (SSSR count). The van der Waals surface area contributed by atoms with Crippen LogP contribution in [0.2, 0.25) is 0 Å². The number of anilines is 6. The van der Waals surface area contributed by atoms with Crippen LogP contribution in [0.5, 0.6) is 0 Å². The Hall–Kier alpha value is -5.26. The van der Waals surface area contributed by atoms with Crippen LogP contribution in [0.4, 0.5) is 34.1 Å². The van der Waals surface area contributed by atoms with Crippen molar-refractivity contribution in [3.8, 4) is 0 Å². The van der Waals surface area contributed by atoms with Gasteiger partial charge in [-0.2, -0.15) is 0 Å². The predicted octanol–water partition coefficient (Wildman–Crippen LogP) is 16.2. The fourth-order valence-electron chi connectivity index (χ4n) is 12.6. The highest BCUT2D eigenvalue weighted by atomic mass is 32.1. The summed E-state index contributed by atoms with van der Waals surface area (Å²) in [6.45, 7) is 34.1. The average molecular weight is 899 g/mol. The lowest BCUT2D eigenvalue weighted by Crippen LogP contribution is -2.61. The maximum atomic E-state index is 6.70. The Morgan fingerprint density at radius 1 is 0.507 bits per heavy atom. The highest BCUT2D eigenvalue weighted by Gasteiger charge is 2.49. The third-order valence-electron chi connectivity index (χ3n) is 17.1. The minimum Gasteiger partial charge on any atom is -0.456 e. The molecule has 0 bridgehead atoms. The van der Waals surface area contributed by atoms with Crippen molar-refractivity contribution in [3.63, 3.8) is 0 Å². The smallest absolute Gasteiger partial charge is 0.264 e. The van der Waals surface area contributed by atoms with Gasteiger partial charge in [-0.15, -0.1) is 11.3 Å². The minimum absolute atomic E-state index is 0.0121. The van der Waals surface area contributed by atoms with Crippen molar-refractivity contribution in [1.29, 1.82) is 0 Å². The lowest BCUT2D eigenvalue weighted by atomic mass is 9.35. The van der Waals surface area contributed by atoms with E-state index in [2.05, 4.69) is 210 Å². The quantitative estimate of drug-likeness (QED) is 0.161. The number of hydrogen-bond acceptors (Lipinski definition) is 4. The van der Waals surface area contributed by atoms with Crippen LogP contribution in [0.1, 0.15) is 156 Å². The molecule has 8 aromatic rings. The van der Waals surface area contributed by atoms with E-state index in [1.54, 1.807) is 0 Å². The molecule has 2 aliphatic heterocycles. The second-order valence-corrected chi connectivity index (χ2v) is 26.6. The van der Waals surface area contributed by atoms with E-state index in [4.69, 9.17) is 4.42 Å². The summed E-state index contributed by atoms with van der Waals surface area (Å²) < 4.78 is 9.46. The zero-order valence-corrected chi connectivity index (χ0v) is 43.2. The Morgan fingerprint density at radius 2 is 1.10 bits per heavy atom. The number of thiophene rings is 1. The molecular formula is C62H67BN2OS. The van der Waals surface area contributed by atoms with Gasteiger partial charge in [0.2, 0.25) is 0 Å². The lowest BCUT2D eigenvalue weighted by Gasteiger charge is -2.48. The number of fused-ring (bicyclic) bond motifs is 11. The van der Waals surface area contributed by atoms with E-state index < -0.39 is 0 Å². The monoisotopic (exact) mass is 899 g/mol. The highest BCUT2D eigenvalue weighted by molar-refractivity contribution is 7.33. The third kappa shape index (κ3) is 6.21. The van der Waals surface area contributed by atoms with Crippen molar-refractivity contribution in [2.75, 3.05) is 9.80 Å². The number of para-hydroxylation sites is 1. The van der Waals surface area contributed by atoms with Gasteiger partial charge in [-0.1, -0.05) is 139 Å². The Bertz CT molecular complexity index is 3420. The molecule has 2 aliphatic carbocycles. The molecular weight excluding hydrogens is 832 g/mol. The SMILES string of the molecule is CC(C)(C)c1cc2c3c(c1)N(c1cccc4oc5ccccc5c14)c1c(sc4ccc(C(C)(C)C)cc14)B3c1cc3c(cc1N2c1ccc2c(c1)C(C)(C)CCC2(C)C)C(C)(C)CCC3(C)C. The van der Waals surface area contributed by atoms with Gasteiger partial charge in [0.1, 0.15) is 11.2 Å². The first kappa shape index (κ1) is 43.1. The molecule has 0 fully saturated rings. The number of rotatable bonds is 2. The van der Waals surface area contributed by atoms with Crippen molar-refractivity contribution in [3.05, 3.63) is 137 Å². The summed E-state index contributed by atoms with van der Waals surface area (Å²) in [6, 6.07) is 40.7. The molecule has 0 unspecified atom stereocenters. The van der Waals surface area contributed by atoms with Gasteiger partial charge in [0.15, 0.2) is 0 Å². The summed E-state index contributed by atoms with van der Waals surface area (Å²) in [6.07, 6.45) is 4.72. The van der Waals surface area contributed by atoms with Gasteiger partial charge in [0, 0.05) is 43.0 Å². The fraction of sp³-hybridized carbons (Fsp3) is 0.387. The summed E-state index contributed by atoms with van der Waals surface area (Å²) in [7, 11) is 0. The predicted molar refractivity (Wildman–Crippen MR) is 291 cm³/mol. The van der Waals surface area contributed by atoms with Crippen LogP contribution in [-0.2, 0) is 32.5 Å². The number of hydrogen-bond donors (Lipinski definition) is 0. The van der Waals surface area contributed by atoms with Crippen LogP contribution in [0.15, 0.2) is 108 Å². The fourth-order valence-corrected chi connectivity index (χ4v) is 13.9. The first-order valence-corrected chi connectivity index (χ1v) is 25.9. The van der Waals surface area contributed by atoms with E-state index in [1.165, 1.54) is 119 Å². The van der Waals surface area contributed by atoms with Crippen LogP contribution in [0.25, 0.3) is 32.0 Å². The van der Waals surface area contributed by atoms with Crippen LogP contribution >= 0.6 is 11.3 Å². The number of nitrogens with zero attached hydrogens (tertiary/aromatic N) is 2. The molecule has 0 spiro atoms. The van der Waals surface area contributed by atoms with Gasteiger partial charge in [-0.3, -0.25) is 0 Å². The molecule has 4 heterocycles.